The van der Waals surface area contributed by atoms with E-state index in [9.17, 15) is 0 Å². The summed E-state index contributed by atoms with van der Waals surface area (Å²) in [6.45, 7) is 1.90. The Bertz CT molecular complexity index is 237. The second-order valence-corrected chi connectivity index (χ2v) is 2.24. The summed E-state index contributed by atoms with van der Waals surface area (Å²) in [7, 11) is 1.41. The van der Waals surface area contributed by atoms with Gasteiger partial charge in [-0.25, -0.2) is 0 Å². The highest BCUT2D eigenvalue weighted by atomic mass is 16.9. The summed E-state index contributed by atoms with van der Waals surface area (Å²) in [5, 5.41) is 9.87. The first kappa shape index (κ1) is 8.04. The first-order chi connectivity index (χ1) is 5.25. The third-order valence-electron chi connectivity index (χ3n) is 1.49. The molecule has 0 heterocycles. The molecule has 1 rings (SSSR count). The van der Waals surface area contributed by atoms with Crippen molar-refractivity contribution in [2.45, 2.75) is 6.92 Å². The number of hydrogen-bond acceptors (Lipinski definition) is 3. The summed E-state index contributed by atoms with van der Waals surface area (Å²) in [5.41, 5.74) is 1.63. The fourth-order valence-electron chi connectivity index (χ4n) is 0.876. The Balaban J connectivity index is 2.93. The highest BCUT2D eigenvalue weighted by molar-refractivity contribution is 5.48. The normalized spacial score (nSPS) is 9.73. The maximum absolute atomic E-state index is 9.12. The zero-order valence-corrected chi connectivity index (χ0v) is 6.61. The van der Waals surface area contributed by atoms with E-state index in [2.05, 4.69) is 4.84 Å². The molecule has 11 heavy (non-hydrogen) atoms. The third kappa shape index (κ3) is 1.69. The zero-order chi connectivity index (χ0) is 8.27. The van der Waals surface area contributed by atoms with Crippen LogP contribution in [0.4, 0.5) is 5.69 Å². The molecule has 0 unspecified atom stereocenters. The summed E-state index contributed by atoms with van der Waals surface area (Å²) in [6, 6.07) is 7.42. The lowest BCUT2D eigenvalue weighted by Crippen LogP contribution is -2.16. The van der Waals surface area contributed by atoms with E-state index in [1.54, 1.807) is 6.07 Å². The summed E-state index contributed by atoms with van der Waals surface area (Å²) in [6.07, 6.45) is 0. The predicted octanol–water partition coefficient (Wildman–Crippen LogP) is 1.75. The molecule has 0 amide bonds. The van der Waals surface area contributed by atoms with Gasteiger partial charge in [-0.2, -0.15) is 0 Å². The zero-order valence-electron chi connectivity index (χ0n) is 6.61. The molecular formula is C8H11NO2. The van der Waals surface area contributed by atoms with Gasteiger partial charge in [-0.05, 0) is 18.6 Å². The first-order valence-corrected chi connectivity index (χ1v) is 3.34. The minimum atomic E-state index is 0.662. The van der Waals surface area contributed by atoms with Crippen LogP contribution in [0.15, 0.2) is 24.3 Å². The van der Waals surface area contributed by atoms with Crippen LogP contribution >= 0.6 is 0 Å². The molecule has 0 atom stereocenters. The number of para-hydroxylation sites is 1. The molecule has 0 aliphatic rings. The first-order valence-electron chi connectivity index (χ1n) is 3.34. The molecule has 0 bridgehead atoms. The van der Waals surface area contributed by atoms with Crippen LogP contribution in [0.25, 0.3) is 0 Å². The van der Waals surface area contributed by atoms with Crippen LogP contribution in [0.3, 0.4) is 0 Å². The Labute approximate surface area is 65.7 Å². The molecule has 3 nitrogen and oxygen atoms in total. The van der Waals surface area contributed by atoms with Gasteiger partial charge < -0.3 is 0 Å². The van der Waals surface area contributed by atoms with Gasteiger partial charge in [0, 0.05) is 0 Å². The van der Waals surface area contributed by atoms with Crippen molar-refractivity contribution in [2.24, 2.45) is 0 Å². The van der Waals surface area contributed by atoms with E-state index in [1.165, 1.54) is 7.11 Å². The van der Waals surface area contributed by atoms with Crippen molar-refractivity contribution in [3.63, 3.8) is 0 Å². The summed E-state index contributed by atoms with van der Waals surface area (Å²) in [5.74, 6) is 0. The molecule has 1 aromatic carbocycles. The highest BCUT2D eigenvalue weighted by Crippen LogP contribution is 2.16. The summed E-state index contributed by atoms with van der Waals surface area (Å²) in [4.78, 5) is 4.61. The van der Waals surface area contributed by atoms with Crippen molar-refractivity contribution in [1.29, 1.82) is 0 Å². The topological polar surface area (TPSA) is 32.7 Å². The Morgan fingerprint density at radius 1 is 1.36 bits per heavy atom. The van der Waals surface area contributed by atoms with Gasteiger partial charge >= 0.3 is 0 Å². The van der Waals surface area contributed by atoms with E-state index in [0.717, 1.165) is 10.8 Å². The number of rotatable bonds is 2. The van der Waals surface area contributed by atoms with E-state index in [4.69, 9.17) is 5.21 Å². The molecule has 0 fully saturated rings. The van der Waals surface area contributed by atoms with Gasteiger partial charge in [0.2, 0.25) is 0 Å². The molecule has 0 spiro atoms. The quantitative estimate of drug-likeness (QED) is 0.657. The molecule has 1 aromatic rings. The van der Waals surface area contributed by atoms with Crippen molar-refractivity contribution in [3.8, 4) is 0 Å². The fraction of sp³-hybridized carbons (Fsp3) is 0.250. The molecule has 0 aliphatic heterocycles. The second-order valence-electron chi connectivity index (χ2n) is 2.24. The van der Waals surface area contributed by atoms with Crippen LogP contribution in [0.1, 0.15) is 5.56 Å². The summed E-state index contributed by atoms with van der Waals surface area (Å²) >= 11 is 0. The van der Waals surface area contributed by atoms with E-state index in [1.807, 2.05) is 25.1 Å². The van der Waals surface area contributed by atoms with Crippen LogP contribution in [0.2, 0.25) is 0 Å². The average molecular weight is 153 g/mol. The maximum atomic E-state index is 9.12. The van der Waals surface area contributed by atoms with Gasteiger partial charge in [0.25, 0.3) is 0 Å². The van der Waals surface area contributed by atoms with Gasteiger partial charge in [-0.15, -0.1) is 5.23 Å². The van der Waals surface area contributed by atoms with Gasteiger partial charge in [0.05, 0.1) is 12.8 Å². The SMILES string of the molecule is CON(O)c1ccccc1C. The van der Waals surface area contributed by atoms with Gasteiger partial charge in [0.1, 0.15) is 0 Å². The fourth-order valence-corrected chi connectivity index (χ4v) is 0.876. The van der Waals surface area contributed by atoms with Gasteiger partial charge in [0.15, 0.2) is 0 Å². The number of benzene rings is 1. The van der Waals surface area contributed by atoms with E-state index in [-0.39, 0.29) is 0 Å². The van der Waals surface area contributed by atoms with Crippen molar-refractivity contribution in [2.75, 3.05) is 12.3 Å². The van der Waals surface area contributed by atoms with Crippen molar-refractivity contribution < 1.29 is 10.0 Å². The van der Waals surface area contributed by atoms with E-state index >= 15 is 0 Å². The van der Waals surface area contributed by atoms with Crippen molar-refractivity contribution in [1.82, 2.24) is 0 Å². The minimum Gasteiger partial charge on any atom is -0.264 e. The predicted molar refractivity (Wildman–Crippen MR) is 42.5 cm³/mol. The minimum absolute atomic E-state index is 0.662. The monoisotopic (exact) mass is 153 g/mol. The number of aryl methyl sites for hydroxylation is 1. The highest BCUT2D eigenvalue weighted by Gasteiger charge is 2.02. The number of hydrogen-bond donors (Lipinski definition) is 1. The van der Waals surface area contributed by atoms with Crippen molar-refractivity contribution >= 4 is 5.69 Å². The summed E-state index contributed by atoms with van der Waals surface area (Å²) < 4.78 is 0. The standard InChI is InChI=1S/C8H11NO2/c1-7-5-3-4-6-8(7)9(10)11-2/h3-6,10H,1-2H3. The molecule has 1 N–H and O–H groups in total. The van der Waals surface area contributed by atoms with E-state index < -0.39 is 0 Å². The van der Waals surface area contributed by atoms with Crippen molar-refractivity contribution in [3.05, 3.63) is 29.8 Å². The number of anilines is 1. The molecule has 60 valence electrons. The molecule has 0 saturated carbocycles. The van der Waals surface area contributed by atoms with Crippen LogP contribution in [-0.4, -0.2) is 12.3 Å². The lowest BCUT2D eigenvalue weighted by molar-refractivity contribution is -0.0112. The molecule has 0 aliphatic carbocycles. The van der Waals surface area contributed by atoms with Crippen LogP contribution in [0.5, 0.6) is 0 Å². The average Bonchev–Trinajstić information content (AvgIpc) is 2.04. The van der Waals surface area contributed by atoms with Gasteiger partial charge in [-0.3, -0.25) is 10.0 Å². The van der Waals surface area contributed by atoms with Crippen LogP contribution in [-0.2, 0) is 4.84 Å². The number of nitrogens with zero attached hydrogens (tertiary/aromatic N) is 1. The smallest absolute Gasteiger partial charge is 0.0974 e. The third-order valence-corrected chi connectivity index (χ3v) is 1.49. The largest absolute Gasteiger partial charge is 0.264 e. The van der Waals surface area contributed by atoms with Crippen LogP contribution < -0.4 is 5.23 Å². The second kappa shape index (κ2) is 3.37. The lowest BCUT2D eigenvalue weighted by Gasteiger charge is -2.14. The Morgan fingerprint density at radius 2 is 2.00 bits per heavy atom. The molecule has 3 heteroatoms. The van der Waals surface area contributed by atoms with Crippen LogP contribution in [0, 0.1) is 6.92 Å². The molecular weight excluding hydrogens is 142 g/mol. The molecule has 0 aromatic heterocycles. The molecule has 0 saturated heterocycles. The lowest BCUT2D eigenvalue weighted by atomic mass is 10.2. The Hall–Kier alpha value is -1.06. The molecule has 0 radical (unpaired) electrons. The Morgan fingerprint density at radius 3 is 2.55 bits per heavy atom. The Kier molecular flexibility index (Phi) is 2.46. The van der Waals surface area contributed by atoms with Gasteiger partial charge in [-0.1, -0.05) is 18.2 Å². The van der Waals surface area contributed by atoms with E-state index in [0.29, 0.717) is 5.69 Å². The maximum Gasteiger partial charge on any atom is 0.0974 e.